The Morgan fingerprint density at radius 2 is 2.15 bits per heavy atom. The van der Waals surface area contributed by atoms with E-state index in [1.165, 1.54) is 25.0 Å². The number of unbranched alkanes of at least 4 members (excludes halogenated alkanes) is 2. The van der Waals surface area contributed by atoms with Crippen molar-refractivity contribution in [2.75, 3.05) is 11.1 Å². The molecule has 1 rings (SSSR count). The van der Waals surface area contributed by atoms with Crippen molar-refractivity contribution in [2.45, 2.75) is 24.3 Å². The summed E-state index contributed by atoms with van der Waals surface area (Å²) in [7, 11) is 0. The molecule has 72 valence electrons. The van der Waals surface area contributed by atoms with Crippen LogP contribution in [0.2, 0.25) is 0 Å². The van der Waals surface area contributed by atoms with E-state index in [0.717, 1.165) is 10.4 Å². The van der Waals surface area contributed by atoms with Crippen molar-refractivity contribution in [3.63, 3.8) is 0 Å². The van der Waals surface area contributed by atoms with Gasteiger partial charge in [-0.3, -0.25) is 0 Å². The molecule has 0 saturated heterocycles. The van der Waals surface area contributed by atoms with Crippen LogP contribution >= 0.6 is 27.7 Å². The van der Waals surface area contributed by atoms with Crippen LogP contribution in [-0.4, -0.2) is 16.1 Å². The van der Waals surface area contributed by atoms with Crippen molar-refractivity contribution in [3.05, 3.63) is 24.4 Å². The molecule has 1 nitrogen and oxygen atoms in total. The van der Waals surface area contributed by atoms with Gasteiger partial charge >= 0.3 is 0 Å². The quantitative estimate of drug-likeness (QED) is 0.439. The SMILES string of the molecule is BrCCCCCSc1ccccn1. The van der Waals surface area contributed by atoms with E-state index in [9.17, 15) is 0 Å². The second-order valence-electron chi connectivity index (χ2n) is 2.77. The number of hydrogen-bond donors (Lipinski definition) is 0. The van der Waals surface area contributed by atoms with E-state index < -0.39 is 0 Å². The molecule has 0 N–H and O–H groups in total. The number of hydrogen-bond acceptors (Lipinski definition) is 2. The summed E-state index contributed by atoms with van der Waals surface area (Å²) in [6.07, 6.45) is 5.72. The highest BCUT2D eigenvalue weighted by molar-refractivity contribution is 9.09. The molecule has 1 heterocycles. The van der Waals surface area contributed by atoms with Gasteiger partial charge in [0.15, 0.2) is 0 Å². The van der Waals surface area contributed by atoms with Crippen LogP contribution in [0.3, 0.4) is 0 Å². The maximum atomic E-state index is 4.25. The molecule has 0 bridgehead atoms. The first-order chi connectivity index (χ1) is 6.43. The molecule has 0 atom stereocenters. The Kier molecular flexibility index (Phi) is 6.29. The summed E-state index contributed by atoms with van der Waals surface area (Å²) >= 11 is 5.27. The van der Waals surface area contributed by atoms with Gasteiger partial charge in [0.2, 0.25) is 0 Å². The van der Waals surface area contributed by atoms with Gasteiger partial charge in [-0.15, -0.1) is 11.8 Å². The molecule has 0 aromatic carbocycles. The van der Waals surface area contributed by atoms with Gasteiger partial charge in [-0.2, -0.15) is 0 Å². The zero-order chi connectivity index (χ0) is 9.36. The van der Waals surface area contributed by atoms with Crippen LogP contribution < -0.4 is 0 Å². The molecule has 0 unspecified atom stereocenters. The number of alkyl halides is 1. The highest BCUT2D eigenvalue weighted by Gasteiger charge is 1.93. The summed E-state index contributed by atoms with van der Waals surface area (Å²) in [5.41, 5.74) is 0. The lowest BCUT2D eigenvalue weighted by atomic mass is 10.3. The van der Waals surface area contributed by atoms with E-state index in [1.54, 1.807) is 0 Å². The van der Waals surface area contributed by atoms with Crippen molar-refractivity contribution in [1.29, 1.82) is 0 Å². The molecule has 0 spiro atoms. The van der Waals surface area contributed by atoms with Crippen LogP contribution in [-0.2, 0) is 0 Å². The van der Waals surface area contributed by atoms with E-state index in [0.29, 0.717) is 0 Å². The van der Waals surface area contributed by atoms with Gasteiger partial charge in [-0.1, -0.05) is 28.4 Å². The van der Waals surface area contributed by atoms with Crippen LogP contribution in [0.4, 0.5) is 0 Å². The summed E-state index contributed by atoms with van der Waals surface area (Å²) in [4.78, 5) is 4.25. The lowest BCUT2D eigenvalue weighted by molar-refractivity contribution is 0.788. The molecule has 1 aromatic rings. The standard InChI is InChI=1S/C10H14BrNS/c11-7-3-1-5-9-13-10-6-2-4-8-12-10/h2,4,6,8H,1,3,5,7,9H2. The molecule has 0 radical (unpaired) electrons. The summed E-state index contributed by atoms with van der Waals surface area (Å²) in [5, 5.41) is 2.27. The second kappa shape index (κ2) is 7.39. The first kappa shape index (κ1) is 11.1. The molecular formula is C10H14BrNS. The Bertz CT molecular complexity index is 215. The topological polar surface area (TPSA) is 12.9 Å². The zero-order valence-corrected chi connectivity index (χ0v) is 9.98. The van der Waals surface area contributed by atoms with Gasteiger partial charge in [-0.05, 0) is 30.7 Å². The monoisotopic (exact) mass is 259 g/mol. The Morgan fingerprint density at radius 1 is 1.23 bits per heavy atom. The van der Waals surface area contributed by atoms with Crippen LogP contribution in [0.25, 0.3) is 0 Å². The number of pyridine rings is 1. The van der Waals surface area contributed by atoms with Gasteiger partial charge in [0.1, 0.15) is 0 Å². The molecule has 0 fully saturated rings. The number of rotatable bonds is 6. The largest absolute Gasteiger partial charge is 0.250 e. The summed E-state index contributed by atoms with van der Waals surface area (Å²) in [6, 6.07) is 6.05. The summed E-state index contributed by atoms with van der Waals surface area (Å²) in [5.74, 6) is 1.18. The predicted molar refractivity (Wildman–Crippen MR) is 62.6 cm³/mol. The van der Waals surface area contributed by atoms with Crippen molar-refractivity contribution in [2.24, 2.45) is 0 Å². The molecule has 0 saturated carbocycles. The van der Waals surface area contributed by atoms with Crippen molar-refractivity contribution in [1.82, 2.24) is 4.98 Å². The van der Waals surface area contributed by atoms with Crippen LogP contribution in [0, 0.1) is 0 Å². The van der Waals surface area contributed by atoms with Crippen molar-refractivity contribution >= 4 is 27.7 Å². The maximum Gasteiger partial charge on any atom is 0.0959 e. The Morgan fingerprint density at radius 3 is 2.85 bits per heavy atom. The molecular weight excluding hydrogens is 246 g/mol. The lowest BCUT2D eigenvalue weighted by Crippen LogP contribution is -1.83. The van der Waals surface area contributed by atoms with Gasteiger partial charge < -0.3 is 0 Å². The lowest BCUT2D eigenvalue weighted by Gasteiger charge is -1.99. The summed E-state index contributed by atoms with van der Waals surface area (Å²) in [6.45, 7) is 0. The fourth-order valence-corrected chi connectivity index (χ4v) is 2.25. The van der Waals surface area contributed by atoms with E-state index >= 15 is 0 Å². The van der Waals surface area contributed by atoms with Gasteiger partial charge in [0.25, 0.3) is 0 Å². The molecule has 3 heteroatoms. The number of halogens is 1. The Balaban J connectivity index is 2.07. The van der Waals surface area contributed by atoms with Gasteiger partial charge in [-0.25, -0.2) is 4.98 Å². The average molecular weight is 260 g/mol. The highest BCUT2D eigenvalue weighted by Crippen LogP contribution is 2.16. The number of thioether (sulfide) groups is 1. The van der Waals surface area contributed by atoms with Crippen LogP contribution in [0.5, 0.6) is 0 Å². The molecule has 0 aliphatic rings. The first-order valence-electron chi connectivity index (χ1n) is 4.53. The third kappa shape index (κ3) is 5.32. The van der Waals surface area contributed by atoms with Crippen LogP contribution in [0.1, 0.15) is 19.3 Å². The smallest absolute Gasteiger partial charge is 0.0959 e. The normalized spacial score (nSPS) is 10.2. The highest BCUT2D eigenvalue weighted by atomic mass is 79.9. The van der Waals surface area contributed by atoms with E-state index in [4.69, 9.17) is 0 Å². The summed E-state index contributed by atoms with van der Waals surface area (Å²) < 4.78 is 0. The number of aromatic nitrogens is 1. The van der Waals surface area contributed by atoms with Gasteiger partial charge in [0.05, 0.1) is 5.03 Å². The van der Waals surface area contributed by atoms with Crippen molar-refractivity contribution < 1.29 is 0 Å². The Hall–Kier alpha value is -0.0200. The molecule has 13 heavy (non-hydrogen) atoms. The van der Waals surface area contributed by atoms with Gasteiger partial charge in [0, 0.05) is 11.5 Å². The molecule has 1 aromatic heterocycles. The predicted octanol–water partition coefficient (Wildman–Crippen LogP) is 3.74. The fourth-order valence-electron chi connectivity index (χ4n) is 0.983. The molecule has 0 aliphatic carbocycles. The Labute approximate surface area is 92.5 Å². The minimum Gasteiger partial charge on any atom is -0.250 e. The minimum atomic E-state index is 1.13. The van der Waals surface area contributed by atoms with E-state index in [-0.39, 0.29) is 0 Å². The average Bonchev–Trinajstić information content (AvgIpc) is 2.19. The second-order valence-corrected chi connectivity index (χ2v) is 4.67. The molecule has 0 aliphatic heterocycles. The van der Waals surface area contributed by atoms with Crippen LogP contribution in [0.15, 0.2) is 29.4 Å². The zero-order valence-electron chi connectivity index (χ0n) is 7.58. The molecule has 0 amide bonds. The maximum absolute atomic E-state index is 4.25. The fraction of sp³-hybridized carbons (Fsp3) is 0.500. The first-order valence-corrected chi connectivity index (χ1v) is 6.64. The van der Waals surface area contributed by atoms with Crippen molar-refractivity contribution in [3.8, 4) is 0 Å². The van der Waals surface area contributed by atoms with E-state index in [2.05, 4.69) is 27.0 Å². The third-order valence-electron chi connectivity index (χ3n) is 1.67. The third-order valence-corrected chi connectivity index (χ3v) is 3.26. The van der Waals surface area contributed by atoms with E-state index in [1.807, 2.05) is 30.1 Å². The minimum absolute atomic E-state index is 1.13. The number of nitrogens with zero attached hydrogens (tertiary/aromatic N) is 1.